The third-order valence-electron chi connectivity index (χ3n) is 2.39. The number of benzene rings is 1. The Morgan fingerprint density at radius 3 is 2.58 bits per heavy atom. The van der Waals surface area contributed by atoms with Crippen molar-refractivity contribution >= 4 is 23.7 Å². The molecule has 0 aliphatic heterocycles. The molecule has 19 heavy (non-hydrogen) atoms. The summed E-state index contributed by atoms with van der Waals surface area (Å²) in [5.74, 6) is -0.386. The van der Waals surface area contributed by atoms with Crippen molar-refractivity contribution in [2.45, 2.75) is 12.2 Å². The molecule has 0 spiro atoms. The first-order valence-corrected chi connectivity index (χ1v) is 6.75. The van der Waals surface area contributed by atoms with Crippen LogP contribution in [0, 0.1) is 5.82 Å². The lowest BCUT2D eigenvalue weighted by Crippen LogP contribution is -2.05. The van der Waals surface area contributed by atoms with Gasteiger partial charge >= 0.3 is 11.9 Å². The second kappa shape index (κ2) is 7.78. The molecular formula is C13H15FO4S. The number of methoxy groups -OCH3 is 2. The van der Waals surface area contributed by atoms with Gasteiger partial charge in [0.1, 0.15) is 5.82 Å². The van der Waals surface area contributed by atoms with Crippen LogP contribution in [0.2, 0.25) is 0 Å². The second-order valence-electron chi connectivity index (χ2n) is 3.68. The van der Waals surface area contributed by atoms with Crippen LogP contribution in [0.15, 0.2) is 18.2 Å². The van der Waals surface area contributed by atoms with E-state index in [2.05, 4.69) is 9.47 Å². The van der Waals surface area contributed by atoms with Crippen molar-refractivity contribution in [3.8, 4) is 0 Å². The number of carbonyl (C=O) groups excluding carboxylic acids is 2. The number of rotatable bonds is 6. The topological polar surface area (TPSA) is 52.6 Å². The predicted octanol–water partition coefficient (Wildman–Crippen LogP) is 2.41. The van der Waals surface area contributed by atoms with E-state index in [0.29, 0.717) is 17.9 Å². The summed E-state index contributed by atoms with van der Waals surface area (Å²) in [5, 5.41) is 0. The van der Waals surface area contributed by atoms with Crippen molar-refractivity contribution in [2.75, 3.05) is 20.0 Å². The maximum absolute atomic E-state index is 13.6. The largest absolute Gasteiger partial charge is 0.469 e. The highest BCUT2D eigenvalue weighted by molar-refractivity contribution is 7.98. The molecule has 6 heteroatoms. The predicted molar refractivity (Wildman–Crippen MR) is 70.5 cm³/mol. The van der Waals surface area contributed by atoms with Crippen molar-refractivity contribution < 1.29 is 23.5 Å². The van der Waals surface area contributed by atoms with E-state index >= 15 is 0 Å². The van der Waals surface area contributed by atoms with Crippen molar-refractivity contribution in [1.29, 1.82) is 0 Å². The summed E-state index contributed by atoms with van der Waals surface area (Å²) < 4.78 is 22.6. The van der Waals surface area contributed by atoms with E-state index < -0.39 is 11.8 Å². The number of thioether (sulfide) groups is 1. The molecule has 0 N–H and O–H groups in total. The zero-order chi connectivity index (χ0) is 14.3. The van der Waals surface area contributed by atoms with Gasteiger partial charge in [-0.2, -0.15) is 11.8 Å². The van der Waals surface area contributed by atoms with Gasteiger partial charge in [-0.15, -0.1) is 0 Å². The molecule has 0 atom stereocenters. The number of hydrogen-bond donors (Lipinski definition) is 0. The third kappa shape index (κ3) is 4.90. The van der Waals surface area contributed by atoms with Gasteiger partial charge in [0.25, 0.3) is 0 Å². The fourth-order valence-electron chi connectivity index (χ4n) is 1.37. The van der Waals surface area contributed by atoms with Crippen LogP contribution in [-0.2, 0) is 20.0 Å². The molecule has 0 heterocycles. The van der Waals surface area contributed by atoms with Gasteiger partial charge in [-0.1, -0.05) is 6.07 Å². The Hall–Kier alpha value is -1.56. The highest BCUT2D eigenvalue weighted by Gasteiger charge is 2.12. The molecule has 0 fully saturated rings. The van der Waals surface area contributed by atoms with Crippen molar-refractivity contribution in [1.82, 2.24) is 0 Å². The zero-order valence-electron chi connectivity index (χ0n) is 10.8. The molecule has 0 saturated heterocycles. The fourth-order valence-corrected chi connectivity index (χ4v) is 2.24. The SMILES string of the molecule is COC(=O)CCSCc1ccc(C(=O)OC)c(F)c1. The molecule has 1 aromatic rings. The molecule has 4 nitrogen and oxygen atoms in total. The summed E-state index contributed by atoms with van der Waals surface area (Å²) in [5.41, 5.74) is 0.672. The summed E-state index contributed by atoms with van der Waals surface area (Å²) in [7, 11) is 2.55. The maximum Gasteiger partial charge on any atom is 0.340 e. The average molecular weight is 286 g/mol. The van der Waals surface area contributed by atoms with E-state index in [0.717, 1.165) is 5.56 Å². The number of hydrogen-bond acceptors (Lipinski definition) is 5. The number of carbonyl (C=O) groups is 2. The first-order valence-electron chi connectivity index (χ1n) is 5.59. The molecule has 0 bridgehead atoms. The molecule has 0 amide bonds. The molecule has 0 unspecified atom stereocenters. The van der Waals surface area contributed by atoms with E-state index in [1.807, 2.05) is 0 Å². The quantitative estimate of drug-likeness (QED) is 0.594. The molecule has 0 saturated carbocycles. The van der Waals surface area contributed by atoms with Gasteiger partial charge in [-0.05, 0) is 17.7 Å². The Morgan fingerprint density at radius 2 is 2.00 bits per heavy atom. The van der Waals surface area contributed by atoms with E-state index in [4.69, 9.17) is 0 Å². The first kappa shape index (κ1) is 15.5. The summed E-state index contributed by atoms with van der Waals surface area (Å²) in [6.45, 7) is 0. The minimum Gasteiger partial charge on any atom is -0.469 e. The number of halogens is 1. The first-order chi connectivity index (χ1) is 9.08. The molecule has 0 aliphatic carbocycles. The Labute approximate surface area is 115 Å². The maximum atomic E-state index is 13.6. The summed E-state index contributed by atoms with van der Waals surface area (Å²) in [6.07, 6.45) is 0.323. The summed E-state index contributed by atoms with van der Waals surface area (Å²) in [6, 6.07) is 4.37. The Balaban J connectivity index is 2.50. The van der Waals surface area contributed by atoms with E-state index in [9.17, 15) is 14.0 Å². The van der Waals surface area contributed by atoms with Gasteiger partial charge in [0, 0.05) is 11.5 Å². The van der Waals surface area contributed by atoms with Gasteiger partial charge < -0.3 is 9.47 Å². The van der Waals surface area contributed by atoms with Crippen LogP contribution in [0.25, 0.3) is 0 Å². The van der Waals surface area contributed by atoms with E-state index in [1.54, 1.807) is 6.07 Å². The number of esters is 2. The number of ether oxygens (including phenoxy) is 2. The molecule has 0 radical (unpaired) electrons. The minimum atomic E-state index is -0.692. The monoisotopic (exact) mass is 286 g/mol. The Kier molecular flexibility index (Phi) is 6.35. The van der Waals surface area contributed by atoms with Gasteiger partial charge in [0.15, 0.2) is 0 Å². The Bertz CT molecular complexity index is 462. The standard InChI is InChI=1S/C13H15FO4S/c1-17-12(15)5-6-19-8-9-3-4-10(11(14)7-9)13(16)18-2/h3-4,7H,5-6,8H2,1-2H3. The van der Waals surface area contributed by atoms with Gasteiger partial charge in [-0.3, -0.25) is 4.79 Å². The lowest BCUT2D eigenvalue weighted by molar-refractivity contribution is -0.140. The molecule has 1 aromatic carbocycles. The summed E-state index contributed by atoms with van der Waals surface area (Å²) in [4.78, 5) is 22.1. The molecule has 1 rings (SSSR count). The lowest BCUT2D eigenvalue weighted by Gasteiger charge is -2.05. The highest BCUT2D eigenvalue weighted by atomic mass is 32.2. The molecule has 0 aliphatic rings. The van der Waals surface area contributed by atoms with E-state index in [-0.39, 0.29) is 11.5 Å². The summed E-state index contributed by atoms with van der Waals surface area (Å²) >= 11 is 1.50. The third-order valence-corrected chi connectivity index (χ3v) is 3.42. The molecular weight excluding hydrogens is 271 g/mol. The second-order valence-corrected chi connectivity index (χ2v) is 4.79. The van der Waals surface area contributed by atoms with Crippen LogP contribution < -0.4 is 0 Å². The lowest BCUT2D eigenvalue weighted by atomic mass is 10.1. The molecule has 104 valence electrons. The van der Waals surface area contributed by atoms with Gasteiger partial charge in [0.2, 0.25) is 0 Å². The zero-order valence-corrected chi connectivity index (χ0v) is 11.6. The van der Waals surface area contributed by atoms with Crippen LogP contribution in [0.4, 0.5) is 4.39 Å². The van der Waals surface area contributed by atoms with Crippen molar-refractivity contribution in [3.05, 3.63) is 35.1 Å². The average Bonchev–Trinajstić information content (AvgIpc) is 2.42. The van der Waals surface area contributed by atoms with Crippen molar-refractivity contribution in [2.24, 2.45) is 0 Å². The highest BCUT2D eigenvalue weighted by Crippen LogP contribution is 2.17. The van der Waals surface area contributed by atoms with Crippen LogP contribution in [0.5, 0.6) is 0 Å². The Morgan fingerprint density at radius 1 is 1.26 bits per heavy atom. The van der Waals surface area contributed by atoms with Crippen molar-refractivity contribution in [3.63, 3.8) is 0 Å². The fraction of sp³-hybridized carbons (Fsp3) is 0.385. The smallest absolute Gasteiger partial charge is 0.340 e. The van der Waals surface area contributed by atoms with Gasteiger partial charge in [-0.25, -0.2) is 9.18 Å². The van der Waals surface area contributed by atoms with Crippen LogP contribution in [0.1, 0.15) is 22.3 Å². The van der Waals surface area contributed by atoms with E-state index in [1.165, 1.54) is 38.1 Å². The molecule has 0 aromatic heterocycles. The van der Waals surface area contributed by atoms with Crippen LogP contribution in [-0.4, -0.2) is 31.9 Å². The normalized spacial score (nSPS) is 10.1. The van der Waals surface area contributed by atoms with Crippen LogP contribution in [0.3, 0.4) is 0 Å². The van der Waals surface area contributed by atoms with Gasteiger partial charge in [0.05, 0.1) is 26.2 Å². The minimum absolute atomic E-state index is 0.0780. The van der Waals surface area contributed by atoms with Crippen LogP contribution >= 0.6 is 11.8 Å².